The fourth-order valence-electron chi connectivity index (χ4n) is 8.30. The van der Waals surface area contributed by atoms with Gasteiger partial charge in [-0.05, 0) is 66.4 Å². The van der Waals surface area contributed by atoms with Crippen LogP contribution in [0.25, 0.3) is 22.3 Å². The molecule has 0 amide bonds. The van der Waals surface area contributed by atoms with Gasteiger partial charge in [-0.3, -0.25) is 12.2 Å². The zero-order valence-corrected chi connectivity index (χ0v) is 37.7. The molecule has 0 saturated carbocycles. The summed E-state index contributed by atoms with van der Waals surface area (Å²) in [6, 6.07) is 30.9. The second-order valence-electron chi connectivity index (χ2n) is 16.7. The molecule has 1 unspecified atom stereocenters. The first-order valence-electron chi connectivity index (χ1n) is 18.2. The summed E-state index contributed by atoms with van der Waals surface area (Å²) in [7, 11) is -1.07. The van der Waals surface area contributed by atoms with Gasteiger partial charge in [-0.15, -0.1) is 11.6 Å². The number of hydrogen-bond donors (Lipinski definition) is 0. The third kappa shape index (κ3) is 8.52. The molecule has 0 heterocycles. The van der Waals surface area contributed by atoms with Crippen molar-refractivity contribution in [2.45, 2.75) is 92.3 Å². The van der Waals surface area contributed by atoms with Crippen LogP contribution in [0.1, 0.15) is 99.9 Å². The summed E-state index contributed by atoms with van der Waals surface area (Å²) in [6.45, 7) is 25.2. The molecule has 0 N–H and O–H groups in total. The van der Waals surface area contributed by atoms with Crippen molar-refractivity contribution < 1.29 is 49.0 Å². The first kappa shape index (κ1) is 42.1. The average Bonchev–Trinajstić information content (AvgIpc) is 3.74. The molecule has 4 aromatic carbocycles. The van der Waals surface area contributed by atoms with E-state index in [0.29, 0.717) is 5.92 Å². The summed E-state index contributed by atoms with van der Waals surface area (Å²) in [6.07, 6.45) is 12.9. The van der Waals surface area contributed by atoms with Crippen molar-refractivity contribution in [2.24, 2.45) is 5.92 Å². The second-order valence-corrected chi connectivity index (χ2v) is 23.0. The number of hydrogen-bond acceptors (Lipinski definition) is 0. The molecule has 0 bridgehead atoms. The Kier molecular flexibility index (Phi) is 13.0. The molecule has 4 aliphatic carbocycles. The Morgan fingerprint density at radius 1 is 0.692 bits per heavy atom. The maximum absolute atomic E-state index is 3.65. The fraction of sp³-hybridized carbons (Fsp3) is 0.312. The van der Waals surface area contributed by atoms with Crippen molar-refractivity contribution in [3.05, 3.63) is 165 Å². The molecule has 268 valence electrons. The van der Waals surface area contributed by atoms with Gasteiger partial charge in [0, 0.05) is 5.41 Å². The van der Waals surface area contributed by atoms with Crippen molar-refractivity contribution in [3.8, 4) is 11.1 Å². The van der Waals surface area contributed by atoms with E-state index in [-0.39, 0.29) is 35.6 Å². The van der Waals surface area contributed by atoms with Crippen LogP contribution >= 0.6 is 0 Å². The standard InChI is InChI=1S/C25H25.C13H10.C10H17Si.2ClH.Zr/c1-14-12-24(3,4)22-8-16-7-17-9-23-19(15(2)13-25(23,5)6)11-21(17)20(16)10-18(14)22;1-3-7-12(8-4-1)11-13-9-5-2-6-10-13;1-8-6-9(2)10(7-8)11(3,4)5;;;/h8-12H,7H2,1-6H3;1-10H;7-8H,1-5H3;2*1H;/q-1;;-1;;;+2/p-2. The van der Waals surface area contributed by atoms with E-state index in [9.17, 15) is 0 Å². The van der Waals surface area contributed by atoms with E-state index >= 15 is 0 Å². The molecule has 0 radical (unpaired) electrons. The summed E-state index contributed by atoms with van der Waals surface area (Å²) in [5, 5.41) is 1.60. The number of halogens is 2. The molecule has 0 aromatic heterocycles. The Labute approximate surface area is 342 Å². The average molecular weight is 819 g/mol. The van der Waals surface area contributed by atoms with Gasteiger partial charge in [0.15, 0.2) is 0 Å². The van der Waals surface area contributed by atoms with Crippen LogP contribution < -0.4 is 24.8 Å². The third-order valence-electron chi connectivity index (χ3n) is 10.6. The Morgan fingerprint density at radius 3 is 1.65 bits per heavy atom. The molecule has 4 aromatic rings. The summed E-state index contributed by atoms with van der Waals surface area (Å²) in [5.41, 5.74) is 18.6. The molecule has 0 spiro atoms. The Bertz CT molecular complexity index is 1980. The van der Waals surface area contributed by atoms with Crippen molar-refractivity contribution >= 4 is 22.4 Å². The van der Waals surface area contributed by atoms with Crippen molar-refractivity contribution in [2.75, 3.05) is 0 Å². The molecule has 4 aliphatic rings. The molecule has 8 rings (SSSR count). The van der Waals surface area contributed by atoms with Gasteiger partial charge in [0.2, 0.25) is 0 Å². The zero-order chi connectivity index (χ0) is 36.2. The normalized spacial score (nSPS) is 17.8. The van der Waals surface area contributed by atoms with Gasteiger partial charge in [-0.2, -0.15) is 11.6 Å². The van der Waals surface area contributed by atoms with E-state index in [0.717, 1.165) is 6.42 Å². The van der Waals surface area contributed by atoms with Gasteiger partial charge < -0.3 is 24.8 Å². The molecule has 0 fully saturated rings. The van der Waals surface area contributed by atoms with Gasteiger partial charge in [0.1, 0.15) is 0 Å². The van der Waals surface area contributed by atoms with Gasteiger partial charge in [0.05, 0.1) is 0 Å². The summed E-state index contributed by atoms with van der Waals surface area (Å²) < 4.78 is 1.42. The van der Waals surface area contributed by atoms with Crippen LogP contribution in [-0.4, -0.2) is 11.3 Å². The monoisotopic (exact) mass is 816 g/mol. The van der Waals surface area contributed by atoms with Crippen LogP contribution in [0.4, 0.5) is 0 Å². The quantitative estimate of drug-likeness (QED) is 0.145. The Hall–Kier alpha value is -2.61. The maximum atomic E-state index is 3.65. The van der Waals surface area contributed by atoms with E-state index in [1.807, 2.05) is 0 Å². The van der Waals surface area contributed by atoms with Crippen LogP contribution in [0, 0.1) is 18.1 Å². The minimum absolute atomic E-state index is 0. The topological polar surface area (TPSA) is 0 Å². The SMILES string of the molecule is CC1=[C-]C(C)(C)c2cc3c(cc21)-c1cc2c(cc1C3)C(C)(C)C=C2C.CC1=[C-]C(C)C=C1[Si](C)(C)C.[Cl-].[Cl-].[Zr+2]=[C](c1ccccc1)c1ccccc1. The van der Waals surface area contributed by atoms with E-state index in [1.54, 1.807) is 5.20 Å². The number of rotatable bonds is 3. The summed E-state index contributed by atoms with van der Waals surface area (Å²) >= 11 is 1.46. The predicted molar refractivity (Wildman–Crippen MR) is 216 cm³/mol. The first-order chi connectivity index (χ1) is 23.5. The number of benzene rings is 4. The molecule has 52 heavy (non-hydrogen) atoms. The van der Waals surface area contributed by atoms with Gasteiger partial charge in [0.25, 0.3) is 0 Å². The van der Waals surface area contributed by atoms with Crippen LogP contribution in [0.15, 0.2) is 108 Å². The number of fused-ring (bicyclic) bond motifs is 5. The van der Waals surface area contributed by atoms with E-state index in [4.69, 9.17) is 0 Å². The fourth-order valence-corrected chi connectivity index (χ4v) is 11.1. The van der Waals surface area contributed by atoms with Crippen LogP contribution in [0.3, 0.4) is 0 Å². The van der Waals surface area contributed by atoms with E-state index in [2.05, 4.69) is 184 Å². The van der Waals surface area contributed by atoms with Crippen molar-refractivity contribution in [1.82, 2.24) is 0 Å². The van der Waals surface area contributed by atoms with Crippen molar-refractivity contribution in [3.63, 3.8) is 0 Å². The Balaban J connectivity index is 0.000000191. The molecule has 4 heteroatoms. The van der Waals surface area contributed by atoms with Crippen molar-refractivity contribution in [1.29, 1.82) is 0 Å². The number of allylic oxidation sites excluding steroid dienone is 8. The van der Waals surface area contributed by atoms with E-state index < -0.39 is 8.07 Å². The molecular weight excluding hydrogens is 767 g/mol. The second kappa shape index (κ2) is 16.0. The Morgan fingerprint density at radius 2 is 1.19 bits per heavy atom. The van der Waals surface area contributed by atoms with Gasteiger partial charge >= 0.3 is 99.2 Å². The van der Waals surface area contributed by atoms with Gasteiger partial charge in [-0.25, -0.2) is 16.3 Å². The molecular formula is C48H52Cl2SiZr-2. The first-order valence-corrected chi connectivity index (χ1v) is 22.9. The molecule has 0 saturated heterocycles. The third-order valence-corrected chi connectivity index (χ3v) is 14.2. The molecule has 0 nitrogen and oxygen atoms in total. The zero-order valence-electron chi connectivity index (χ0n) is 32.8. The van der Waals surface area contributed by atoms with Crippen LogP contribution in [0.5, 0.6) is 0 Å². The summed E-state index contributed by atoms with van der Waals surface area (Å²) in [4.78, 5) is 0. The molecule has 0 aliphatic heterocycles. The van der Waals surface area contributed by atoms with E-state index in [1.165, 1.54) is 99.8 Å². The minimum atomic E-state index is -1.07. The van der Waals surface area contributed by atoms with Crippen LogP contribution in [-0.2, 0) is 41.5 Å². The molecule has 1 atom stereocenters. The summed E-state index contributed by atoms with van der Waals surface area (Å²) in [5.74, 6) is 0.553. The van der Waals surface area contributed by atoms with Crippen LogP contribution in [0.2, 0.25) is 19.6 Å². The van der Waals surface area contributed by atoms with Gasteiger partial charge in [-0.1, -0.05) is 97.6 Å². The predicted octanol–water partition coefficient (Wildman–Crippen LogP) is 6.45.